The smallest absolute Gasteiger partial charge is 0.227 e. The van der Waals surface area contributed by atoms with Gasteiger partial charge in [0.05, 0.1) is 12.1 Å². The summed E-state index contributed by atoms with van der Waals surface area (Å²) in [5.74, 6) is 0.112. The summed E-state index contributed by atoms with van der Waals surface area (Å²) in [5, 5.41) is 3.23. The molecule has 4 rings (SSSR count). The molecule has 1 fully saturated rings. The van der Waals surface area contributed by atoms with Gasteiger partial charge >= 0.3 is 0 Å². The number of nitrogens with zero attached hydrogens (tertiary/aromatic N) is 3. The van der Waals surface area contributed by atoms with Gasteiger partial charge in [-0.15, -0.1) is 0 Å². The first-order chi connectivity index (χ1) is 13.0. The number of guanidine groups is 1. The van der Waals surface area contributed by atoms with Crippen LogP contribution in [0.5, 0.6) is 0 Å². The minimum atomic E-state index is -0.287. The molecular formula is C19H24FN5O2. The molecule has 144 valence electrons. The van der Waals surface area contributed by atoms with Crippen LogP contribution in [0.1, 0.15) is 31.2 Å². The SMILES string of the molecule is NC1=NCC2(CCN(C(=O)CCC(=O)N3CCc4cc(F)ccc43)CC2)N1. The Kier molecular flexibility index (Phi) is 4.49. The number of hydrogen-bond donors (Lipinski definition) is 2. The van der Waals surface area contributed by atoms with Crippen LogP contribution in [0.15, 0.2) is 23.2 Å². The van der Waals surface area contributed by atoms with Crippen LogP contribution in [0.25, 0.3) is 0 Å². The summed E-state index contributed by atoms with van der Waals surface area (Å²) >= 11 is 0. The first kappa shape index (κ1) is 17.8. The van der Waals surface area contributed by atoms with E-state index in [9.17, 15) is 14.0 Å². The van der Waals surface area contributed by atoms with E-state index in [1.165, 1.54) is 12.1 Å². The Morgan fingerprint density at radius 2 is 1.93 bits per heavy atom. The minimum Gasteiger partial charge on any atom is -0.370 e. The van der Waals surface area contributed by atoms with Crippen molar-refractivity contribution >= 4 is 23.5 Å². The Morgan fingerprint density at radius 3 is 2.63 bits per heavy atom. The van der Waals surface area contributed by atoms with E-state index in [0.29, 0.717) is 38.6 Å². The molecule has 27 heavy (non-hydrogen) atoms. The number of nitrogens with one attached hydrogen (secondary N) is 1. The summed E-state index contributed by atoms with van der Waals surface area (Å²) in [4.78, 5) is 32.8. The molecule has 7 nitrogen and oxygen atoms in total. The molecule has 0 bridgehead atoms. The molecule has 1 aromatic carbocycles. The molecule has 3 N–H and O–H groups in total. The molecule has 2 amide bonds. The second-order valence-corrected chi connectivity index (χ2v) is 7.56. The van der Waals surface area contributed by atoms with E-state index in [4.69, 9.17) is 5.73 Å². The van der Waals surface area contributed by atoms with Crippen molar-refractivity contribution in [2.24, 2.45) is 10.7 Å². The fourth-order valence-corrected chi connectivity index (χ4v) is 4.19. The molecule has 0 atom stereocenters. The highest BCUT2D eigenvalue weighted by Gasteiger charge is 2.39. The summed E-state index contributed by atoms with van der Waals surface area (Å²) in [6, 6.07) is 4.49. The lowest BCUT2D eigenvalue weighted by molar-refractivity contribution is -0.134. The molecule has 3 heterocycles. The number of aliphatic imine (C=N–C) groups is 1. The van der Waals surface area contributed by atoms with Gasteiger partial charge in [-0.2, -0.15) is 0 Å². The molecule has 0 radical (unpaired) electrons. The largest absolute Gasteiger partial charge is 0.370 e. The Balaban J connectivity index is 1.27. The zero-order valence-electron chi connectivity index (χ0n) is 15.2. The topological polar surface area (TPSA) is 91.0 Å². The van der Waals surface area contributed by atoms with Gasteiger partial charge in [-0.25, -0.2) is 4.39 Å². The van der Waals surface area contributed by atoms with Crippen molar-refractivity contribution in [1.29, 1.82) is 0 Å². The normalized spacial score (nSPS) is 20.4. The maximum absolute atomic E-state index is 13.3. The van der Waals surface area contributed by atoms with Crippen LogP contribution in [-0.2, 0) is 16.0 Å². The first-order valence-electron chi connectivity index (χ1n) is 9.40. The Bertz CT molecular complexity index is 801. The van der Waals surface area contributed by atoms with E-state index in [0.717, 1.165) is 24.1 Å². The number of amides is 2. The highest BCUT2D eigenvalue weighted by atomic mass is 19.1. The predicted octanol–water partition coefficient (Wildman–Crippen LogP) is 0.774. The number of carbonyl (C=O) groups is 2. The van der Waals surface area contributed by atoms with Crippen LogP contribution in [0.2, 0.25) is 0 Å². The predicted molar refractivity (Wildman–Crippen MR) is 99.9 cm³/mol. The molecular weight excluding hydrogens is 349 g/mol. The Hall–Kier alpha value is -2.64. The van der Waals surface area contributed by atoms with Crippen molar-refractivity contribution in [1.82, 2.24) is 10.2 Å². The van der Waals surface area contributed by atoms with Crippen LogP contribution in [0, 0.1) is 5.82 Å². The van der Waals surface area contributed by atoms with Gasteiger partial charge in [0, 0.05) is 38.2 Å². The van der Waals surface area contributed by atoms with E-state index >= 15 is 0 Å². The number of benzene rings is 1. The lowest BCUT2D eigenvalue weighted by Crippen LogP contribution is -2.55. The Morgan fingerprint density at radius 1 is 1.19 bits per heavy atom. The highest BCUT2D eigenvalue weighted by Crippen LogP contribution is 2.29. The van der Waals surface area contributed by atoms with Gasteiger partial charge in [0.15, 0.2) is 5.96 Å². The first-order valence-corrected chi connectivity index (χ1v) is 9.40. The van der Waals surface area contributed by atoms with Crippen LogP contribution in [-0.4, -0.2) is 54.4 Å². The van der Waals surface area contributed by atoms with Gasteiger partial charge in [-0.3, -0.25) is 14.6 Å². The van der Waals surface area contributed by atoms with E-state index in [1.807, 2.05) is 4.90 Å². The van der Waals surface area contributed by atoms with Gasteiger partial charge < -0.3 is 20.9 Å². The number of rotatable bonds is 3. The maximum Gasteiger partial charge on any atom is 0.227 e. The van der Waals surface area contributed by atoms with Gasteiger partial charge in [-0.05, 0) is 43.0 Å². The molecule has 3 aliphatic heterocycles. The number of likely N-dealkylation sites (tertiary alicyclic amines) is 1. The zero-order chi connectivity index (χ0) is 19.0. The number of anilines is 1. The lowest BCUT2D eigenvalue weighted by Gasteiger charge is -2.39. The van der Waals surface area contributed by atoms with Crippen LogP contribution < -0.4 is 16.0 Å². The van der Waals surface area contributed by atoms with Gasteiger partial charge in [-0.1, -0.05) is 0 Å². The molecule has 0 aliphatic carbocycles. The van der Waals surface area contributed by atoms with Gasteiger partial charge in [0.2, 0.25) is 11.8 Å². The molecule has 8 heteroatoms. The molecule has 0 aromatic heterocycles. The molecule has 3 aliphatic rings. The van der Waals surface area contributed by atoms with Crippen molar-refractivity contribution < 1.29 is 14.0 Å². The number of carbonyl (C=O) groups excluding carboxylic acids is 2. The van der Waals surface area contributed by atoms with Crippen molar-refractivity contribution in [3.8, 4) is 0 Å². The standard InChI is InChI=1S/C19H24FN5O2/c20-14-1-2-15-13(11-14)5-8-25(15)17(27)4-3-16(26)24-9-6-19(7-10-24)12-22-18(21)23-19/h1-2,11H,3-10,12H2,(H3,21,22,23). The van der Waals surface area contributed by atoms with Gasteiger partial charge in [0.1, 0.15) is 5.82 Å². The maximum atomic E-state index is 13.3. The zero-order valence-corrected chi connectivity index (χ0v) is 15.2. The summed E-state index contributed by atoms with van der Waals surface area (Å²) in [7, 11) is 0. The van der Waals surface area contributed by atoms with Crippen LogP contribution >= 0.6 is 0 Å². The van der Waals surface area contributed by atoms with Crippen LogP contribution in [0.3, 0.4) is 0 Å². The van der Waals surface area contributed by atoms with Crippen molar-refractivity contribution in [3.05, 3.63) is 29.6 Å². The van der Waals surface area contributed by atoms with Gasteiger partial charge in [0.25, 0.3) is 0 Å². The average Bonchev–Trinajstić information content (AvgIpc) is 3.23. The number of fused-ring (bicyclic) bond motifs is 1. The molecule has 0 unspecified atom stereocenters. The average molecular weight is 373 g/mol. The van der Waals surface area contributed by atoms with Crippen molar-refractivity contribution in [3.63, 3.8) is 0 Å². The number of piperidine rings is 1. The van der Waals surface area contributed by atoms with E-state index < -0.39 is 0 Å². The number of nitrogens with two attached hydrogens (primary N) is 1. The minimum absolute atomic E-state index is 0.00335. The van der Waals surface area contributed by atoms with E-state index in [1.54, 1.807) is 11.0 Å². The third kappa shape index (κ3) is 3.48. The van der Waals surface area contributed by atoms with Crippen molar-refractivity contribution in [2.75, 3.05) is 31.1 Å². The second-order valence-electron chi connectivity index (χ2n) is 7.56. The molecule has 1 spiro atoms. The number of halogens is 1. The highest BCUT2D eigenvalue weighted by molar-refractivity contribution is 5.97. The summed E-state index contributed by atoms with van der Waals surface area (Å²) in [6.45, 7) is 2.50. The summed E-state index contributed by atoms with van der Waals surface area (Å²) in [6.07, 6.45) is 2.64. The molecule has 1 saturated heterocycles. The molecule has 1 aromatic rings. The lowest BCUT2D eigenvalue weighted by atomic mass is 9.88. The number of hydrogen-bond acceptors (Lipinski definition) is 5. The monoisotopic (exact) mass is 373 g/mol. The summed E-state index contributed by atoms with van der Waals surface area (Å²) in [5.41, 5.74) is 7.22. The third-order valence-electron chi connectivity index (χ3n) is 5.81. The fraction of sp³-hybridized carbons (Fsp3) is 0.526. The van der Waals surface area contributed by atoms with E-state index in [2.05, 4.69) is 10.3 Å². The quantitative estimate of drug-likeness (QED) is 0.819. The van der Waals surface area contributed by atoms with Crippen molar-refractivity contribution in [2.45, 2.75) is 37.6 Å². The summed E-state index contributed by atoms with van der Waals surface area (Å²) < 4.78 is 13.3. The van der Waals surface area contributed by atoms with E-state index in [-0.39, 0.29) is 36.0 Å². The fourth-order valence-electron chi connectivity index (χ4n) is 4.19. The third-order valence-corrected chi connectivity index (χ3v) is 5.81. The van der Waals surface area contributed by atoms with Crippen LogP contribution in [0.4, 0.5) is 10.1 Å². The molecule has 0 saturated carbocycles. The Labute approximate surface area is 157 Å². The second kappa shape index (κ2) is 6.83.